The number of benzene rings is 3. The maximum atomic E-state index is 12.1. The minimum atomic E-state index is -0.0456. The molecule has 0 saturated carbocycles. The molecule has 0 aromatic heterocycles. The Morgan fingerprint density at radius 2 is 1.54 bits per heavy atom. The van der Waals surface area contributed by atoms with Gasteiger partial charge in [-0.05, 0) is 35.4 Å². The predicted molar refractivity (Wildman–Crippen MR) is 102 cm³/mol. The second kappa shape index (κ2) is 7.70. The summed E-state index contributed by atoms with van der Waals surface area (Å²) in [5, 5.41) is 2.88. The normalized spacial score (nSPS) is 10.3. The number of nitrogens with one attached hydrogen (secondary N) is 1. The third kappa shape index (κ3) is 4.18. The van der Waals surface area contributed by atoms with Gasteiger partial charge in [-0.1, -0.05) is 54.6 Å². The Bertz CT molecular complexity index is 820. The summed E-state index contributed by atoms with van der Waals surface area (Å²) in [6.07, 6.45) is 0. The van der Waals surface area contributed by atoms with Crippen LogP contribution in [0.1, 0.15) is 0 Å². The van der Waals surface area contributed by atoms with Gasteiger partial charge in [0.15, 0.2) is 0 Å². The first kappa shape index (κ1) is 16.1. The number of nitrogens with two attached hydrogens (primary N) is 1. The van der Waals surface area contributed by atoms with Crippen molar-refractivity contribution in [1.82, 2.24) is 0 Å². The molecule has 0 saturated heterocycles. The Kier molecular flexibility index (Phi) is 5.18. The molecule has 0 spiro atoms. The number of nitrogen functional groups attached to an aromatic ring is 1. The molecule has 1 amide bonds. The van der Waals surface area contributed by atoms with Gasteiger partial charge in [-0.2, -0.15) is 0 Å². The van der Waals surface area contributed by atoms with E-state index in [0.717, 1.165) is 21.7 Å². The van der Waals surface area contributed by atoms with Gasteiger partial charge in [0.2, 0.25) is 5.91 Å². The highest BCUT2D eigenvalue weighted by atomic mass is 32.2. The quantitative estimate of drug-likeness (QED) is 0.527. The summed E-state index contributed by atoms with van der Waals surface area (Å²) in [6, 6.07) is 25.5. The van der Waals surface area contributed by atoms with Crippen molar-refractivity contribution in [2.45, 2.75) is 4.90 Å². The fraction of sp³-hybridized carbons (Fsp3) is 0.0500. The zero-order chi connectivity index (χ0) is 16.8. The van der Waals surface area contributed by atoms with Crippen molar-refractivity contribution >= 4 is 29.0 Å². The summed E-state index contributed by atoms with van der Waals surface area (Å²) in [5.74, 6) is 0.271. The molecular formula is C20H18N2OS. The zero-order valence-corrected chi connectivity index (χ0v) is 13.9. The number of carbonyl (C=O) groups excluding carboxylic acids is 1. The fourth-order valence-corrected chi connectivity index (χ4v) is 3.14. The van der Waals surface area contributed by atoms with Gasteiger partial charge in [0, 0.05) is 16.3 Å². The predicted octanol–water partition coefficient (Wildman–Crippen LogP) is 4.67. The smallest absolute Gasteiger partial charge is 0.234 e. The number of carbonyl (C=O) groups is 1. The van der Waals surface area contributed by atoms with E-state index < -0.39 is 0 Å². The van der Waals surface area contributed by atoms with Gasteiger partial charge < -0.3 is 11.1 Å². The van der Waals surface area contributed by atoms with Crippen molar-refractivity contribution in [1.29, 1.82) is 0 Å². The molecule has 24 heavy (non-hydrogen) atoms. The second-order valence-electron chi connectivity index (χ2n) is 5.32. The van der Waals surface area contributed by atoms with E-state index in [9.17, 15) is 4.79 Å². The van der Waals surface area contributed by atoms with Crippen LogP contribution in [-0.4, -0.2) is 11.7 Å². The molecule has 0 unspecified atom stereocenters. The van der Waals surface area contributed by atoms with E-state index in [4.69, 9.17) is 5.73 Å². The molecule has 0 aliphatic carbocycles. The van der Waals surface area contributed by atoms with Crippen LogP contribution in [-0.2, 0) is 4.79 Å². The first-order valence-corrected chi connectivity index (χ1v) is 8.63. The molecule has 3 rings (SSSR count). The number of hydrogen-bond donors (Lipinski definition) is 2. The number of rotatable bonds is 5. The highest BCUT2D eigenvalue weighted by molar-refractivity contribution is 8.00. The van der Waals surface area contributed by atoms with Crippen molar-refractivity contribution in [2.24, 2.45) is 0 Å². The molecule has 3 N–H and O–H groups in total. The lowest BCUT2D eigenvalue weighted by Gasteiger charge is -2.09. The molecule has 3 nitrogen and oxygen atoms in total. The monoisotopic (exact) mass is 334 g/mol. The minimum Gasteiger partial charge on any atom is -0.398 e. The van der Waals surface area contributed by atoms with Crippen LogP contribution in [0.5, 0.6) is 0 Å². The molecule has 0 bridgehead atoms. The minimum absolute atomic E-state index is 0.0456. The molecule has 3 aromatic carbocycles. The van der Waals surface area contributed by atoms with Crippen LogP contribution in [0.4, 0.5) is 11.4 Å². The van der Waals surface area contributed by atoms with E-state index in [-0.39, 0.29) is 5.91 Å². The highest BCUT2D eigenvalue weighted by Crippen LogP contribution is 2.30. The van der Waals surface area contributed by atoms with Crippen LogP contribution in [0, 0.1) is 0 Å². The van der Waals surface area contributed by atoms with Crippen LogP contribution >= 0.6 is 11.8 Å². The van der Waals surface area contributed by atoms with Crippen molar-refractivity contribution in [3.63, 3.8) is 0 Å². The molecule has 4 heteroatoms. The van der Waals surface area contributed by atoms with Gasteiger partial charge in [-0.3, -0.25) is 4.79 Å². The van der Waals surface area contributed by atoms with E-state index in [1.165, 1.54) is 11.8 Å². The summed E-state index contributed by atoms with van der Waals surface area (Å²) in [7, 11) is 0. The summed E-state index contributed by atoms with van der Waals surface area (Å²) in [4.78, 5) is 13.0. The molecule has 0 aliphatic rings. The molecule has 3 aromatic rings. The molecule has 0 radical (unpaired) electrons. The Morgan fingerprint density at radius 3 is 2.25 bits per heavy atom. The largest absolute Gasteiger partial charge is 0.398 e. The van der Waals surface area contributed by atoms with Crippen molar-refractivity contribution in [3.8, 4) is 11.1 Å². The SMILES string of the molecule is Nc1ccc(-c2ccccc2)cc1SCC(=O)Nc1ccccc1. The molecule has 0 fully saturated rings. The molecule has 0 heterocycles. The Balaban J connectivity index is 1.67. The second-order valence-corrected chi connectivity index (χ2v) is 6.34. The topological polar surface area (TPSA) is 55.1 Å². The lowest BCUT2D eigenvalue weighted by Crippen LogP contribution is -2.13. The van der Waals surface area contributed by atoms with Crippen LogP contribution in [0.2, 0.25) is 0 Å². The number of thioether (sulfide) groups is 1. The van der Waals surface area contributed by atoms with E-state index >= 15 is 0 Å². The van der Waals surface area contributed by atoms with E-state index in [0.29, 0.717) is 11.4 Å². The Morgan fingerprint density at radius 1 is 0.875 bits per heavy atom. The van der Waals surface area contributed by atoms with Gasteiger partial charge >= 0.3 is 0 Å². The summed E-state index contributed by atoms with van der Waals surface area (Å²) in [5.41, 5.74) is 9.77. The van der Waals surface area contributed by atoms with E-state index in [1.54, 1.807) is 0 Å². The Labute approximate surface area is 145 Å². The highest BCUT2D eigenvalue weighted by Gasteiger charge is 2.08. The van der Waals surface area contributed by atoms with Crippen molar-refractivity contribution < 1.29 is 4.79 Å². The maximum absolute atomic E-state index is 12.1. The maximum Gasteiger partial charge on any atom is 0.234 e. The van der Waals surface area contributed by atoms with E-state index in [1.807, 2.05) is 66.7 Å². The van der Waals surface area contributed by atoms with Crippen molar-refractivity contribution in [3.05, 3.63) is 78.9 Å². The molecule has 0 atom stereocenters. The van der Waals surface area contributed by atoms with Crippen LogP contribution < -0.4 is 11.1 Å². The lowest BCUT2D eigenvalue weighted by atomic mass is 10.1. The van der Waals surface area contributed by atoms with Gasteiger partial charge in [-0.25, -0.2) is 0 Å². The summed E-state index contributed by atoms with van der Waals surface area (Å²) >= 11 is 1.45. The number of anilines is 2. The average Bonchev–Trinajstić information content (AvgIpc) is 2.62. The third-order valence-corrected chi connectivity index (χ3v) is 4.61. The first-order valence-electron chi connectivity index (χ1n) is 7.65. The van der Waals surface area contributed by atoms with Crippen LogP contribution in [0.3, 0.4) is 0 Å². The van der Waals surface area contributed by atoms with Crippen LogP contribution in [0.25, 0.3) is 11.1 Å². The summed E-state index contributed by atoms with van der Waals surface area (Å²) in [6.45, 7) is 0. The van der Waals surface area contributed by atoms with Gasteiger partial charge in [0.1, 0.15) is 0 Å². The standard InChI is InChI=1S/C20H18N2OS/c21-18-12-11-16(15-7-3-1-4-8-15)13-19(18)24-14-20(23)22-17-9-5-2-6-10-17/h1-13H,14,21H2,(H,22,23). The Hall–Kier alpha value is -2.72. The molecular weight excluding hydrogens is 316 g/mol. The van der Waals surface area contributed by atoms with Crippen molar-refractivity contribution in [2.75, 3.05) is 16.8 Å². The van der Waals surface area contributed by atoms with Gasteiger partial charge in [0.25, 0.3) is 0 Å². The van der Waals surface area contributed by atoms with Crippen LogP contribution in [0.15, 0.2) is 83.8 Å². The zero-order valence-electron chi connectivity index (χ0n) is 13.1. The molecule has 0 aliphatic heterocycles. The number of hydrogen-bond acceptors (Lipinski definition) is 3. The van der Waals surface area contributed by atoms with E-state index in [2.05, 4.69) is 17.4 Å². The first-order chi connectivity index (χ1) is 11.7. The fourth-order valence-electron chi connectivity index (χ4n) is 2.33. The average molecular weight is 334 g/mol. The molecule has 120 valence electrons. The van der Waals surface area contributed by atoms with Gasteiger partial charge in [0.05, 0.1) is 5.75 Å². The number of para-hydroxylation sites is 1. The summed E-state index contributed by atoms with van der Waals surface area (Å²) < 4.78 is 0. The lowest BCUT2D eigenvalue weighted by molar-refractivity contribution is -0.113. The van der Waals surface area contributed by atoms with Gasteiger partial charge in [-0.15, -0.1) is 11.8 Å². The third-order valence-electron chi connectivity index (χ3n) is 3.54. The number of amides is 1.